The van der Waals surface area contributed by atoms with E-state index in [-0.39, 0.29) is 23.6 Å². The van der Waals surface area contributed by atoms with Crippen molar-refractivity contribution in [2.24, 2.45) is 0 Å². The van der Waals surface area contributed by atoms with Gasteiger partial charge in [0.05, 0.1) is 28.7 Å². The van der Waals surface area contributed by atoms with Crippen molar-refractivity contribution in [2.45, 2.75) is 24.9 Å². The number of nitriles is 1. The van der Waals surface area contributed by atoms with Crippen LogP contribution in [0, 0.1) is 11.3 Å². The molecule has 41 heavy (non-hydrogen) atoms. The number of aromatic amines is 1. The molecule has 2 saturated heterocycles. The van der Waals surface area contributed by atoms with Gasteiger partial charge in [0.2, 0.25) is 0 Å². The van der Waals surface area contributed by atoms with Gasteiger partial charge in [-0.2, -0.15) is 10.4 Å². The molecule has 2 bridgehead atoms. The van der Waals surface area contributed by atoms with E-state index in [1.165, 1.54) is 0 Å². The molecule has 0 radical (unpaired) electrons. The lowest BCUT2D eigenvalue weighted by Crippen LogP contribution is -2.49. The molecule has 0 unspecified atom stereocenters. The molecule has 2 atom stereocenters. The fraction of sp³-hybridized carbons (Fsp3) is 0.188. The molecule has 1 amide bonds. The summed E-state index contributed by atoms with van der Waals surface area (Å²) in [6.45, 7) is 1.36. The van der Waals surface area contributed by atoms with E-state index in [1.54, 1.807) is 24.7 Å². The SMILES string of the molecule is N#Cc1ccc(N2C[C@H]3C[C@@H]2CN3C(=O)c2cccc(Cc3n[nH]c(=O)c4ccc(-c5cccnc5)cc34)c2)nc1. The number of rotatable bonds is 5. The van der Waals surface area contributed by atoms with Crippen molar-refractivity contribution in [1.29, 1.82) is 5.26 Å². The van der Waals surface area contributed by atoms with E-state index in [9.17, 15) is 9.59 Å². The molecule has 2 aliphatic heterocycles. The minimum atomic E-state index is -0.236. The quantitative estimate of drug-likeness (QED) is 0.359. The predicted octanol–water partition coefficient (Wildman–Crippen LogP) is 3.95. The van der Waals surface area contributed by atoms with Crippen LogP contribution >= 0.6 is 0 Å². The Bertz CT molecular complexity index is 1880. The number of likely N-dealkylation sites (tertiary alicyclic amines) is 1. The summed E-state index contributed by atoms with van der Waals surface area (Å²) in [6.07, 6.45) is 6.48. The second-order valence-electron chi connectivity index (χ2n) is 10.5. The summed E-state index contributed by atoms with van der Waals surface area (Å²) in [5, 5.41) is 17.4. The lowest BCUT2D eigenvalue weighted by molar-refractivity contribution is 0.0725. The monoisotopic (exact) mass is 539 g/mol. The summed E-state index contributed by atoms with van der Waals surface area (Å²) in [4.78, 5) is 39.0. The molecule has 7 rings (SSSR count). The first-order chi connectivity index (χ1) is 20.1. The highest BCUT2D eigenvalue weighted by atomic mass is 16.2. The number of pyridine rings is 2. The van der Waals surface area contributed by atoms with Gasteiger partial charge < -0.3 is 9.80 Å². The smallest absolute Gasteiger partial charge is 0.272 e. The molecule has 2 aromatic carbocycles. The second kappa shape index (κ2) is 9.99. The van der Waals surface area contributed by atoms with Crippen LogP contribution in [0.1, 0.15) is 33.6 Å². The molecule has 1 N–H and O–H groups in total. The molecular weight excluding hydrogens is 514 g/mol. The lowest BCUT2D eigenvalue weighted by Gasteiger charge is -2.35. The molecule has 5 heterocycles. The number of aromatic nitrogens is 4. The summed E-state index contributed by atoms with van der Waals surface area (Å²) in [5.74, 6) is 0.864. The number of nitrogens with one attached hydrogen (secondary N) is 1. The lowest BCUT2D eigenvalue weighted by atomic mass is 9.99. The Morgan fingerprint density at radius 2 is 1.90 bits per heavy atom. The van der Waals surface area contributed by atoms with E-state index in [4.69, 9.17) is 5.26 Å². The fourth-order valence-corrected chi connectivity index (χ4v) is 6.06. The predicted molar refractivity (Wildman–Crippen MR) is 154 cm³/mol. The van der Waals surface area contributed by atoms with Crippen LogP contribution in [0.2, 0.25) is 0 Å². The van der Waals surface area contributed by atoms with Gasteiger partial charge in [0.25, 0.3) is 11.5 Å². The van der Waals surface area contributed by atoms with Crippen molar-refractivity contribution in [3.05, 3.63) is 118 Å². The molecule has 0 saturated carbocycles. The minimum absolute atomic E-state index is 0.0185. The van der Waals surface area contributed by atoms with Crippen molar-refractivity contribution in [2.75, 3.05) is 18.0 Å². The average molecular weight is 540 g/mol. The largest absolute Gasteiger partial charge is 0.350 e. The Kier molecular flexibility index (Phi) is 6.01. The topological polar surface area (TPSA) is 119 Å². The number of piperazine rings is 1. The van der Waals surface area contributed by atoms with E-state index < -0.39 is 0 Å². The number of fused-ring (bicyclic) bond motifs is 3. The minimum Gasteiger partial charge on any atom is -0.350 e. The maximum atomic E-state index is 13.6. The van der Waals surface area contributed by atoms with Crippen LogP contribution in [0.15, 0.2) is 90.1 Å². The molecule has 2 aliphatic rings. The van der Waals surface area contributed by atoms with E-state index in [2.05, 4.69) is 31.1 Å². The maximum Gasteiger partial charge on any atom is 0.272 e. The highest BCUT2D eigenvalue weighted by Crippen LogP contribution is 2.35. The van der Waals surface area contributed by atoms with Crippen LogP contribution in [0.4, 0.5) is 5.82 Å². The zero-order valence-electron chi connectivity index (χ0n) is 22.1. The summed E-state index contributed by atoms with van der Waals surface area (Å²) in [5.41, 5.74) is 4.53. The molecule has 5 aromatic rings. The number of anilines is 1. The Hall–Kier alpha value is -5.36. The summed E-state index contributed by atoms with van der Waals surface area (Å²) in [7, 11) is 0. The molecule has 0 aliphatic carbocycles. The summed E-state index contributed by atoms with van der Waals surface area (Å²) in [6, 6.07) is 23.3. The van der Waals surface area contributed by atoms with Crippen molar-refractivity contribution in [3.63, 3.8) is 0 Å². The molecule has 2 fully saturated rings. The molecule has 9 nitrogen and oxygen atoms in total. The van der Waals surface area contributed by atoms with Crippen LogP contribution in [0.3, 0.4) is 0 Å². The molecule has 0 spiro atoms. The zero-order valence-corrected chi connectivity index (χ0v) is 22.1. The van der Waals surface area contributed by atoms with Gasteiger partial charge in [-0.05, 0) is 60.0 Å². The third kappa shape index (κ3) is 4.49. The zero-order chi connectivity index (χ0) is 27.9. The maximum absolute atomic E-state index is 13.6. The van der Waals surface area contributed by atoms with E-state index in [0.717, 1.165) is 46.6 Å². The van der Waals surface area contributed by atoms with Gasteiger partial charge in [0.15, 0.2) is 0 Å². The Morgan fingerprint density at radius 3 is 2.66 bits per heavy atom. The molecule has 200 valence electrons. The van der Waals surface area contributed by atoms with Crippen LogP contribution < -0.4 is 10.5 Å². The van der Waals surface area contributed by atoms with Gasteiger partial charge in [-0.3, -0.25) is 14.6 Å². The van der Waals surface area contributed by atoms with Gasteiger partial charge in [-0.15, -0.1) is 0 Å². The highest BCUT2D eigenvalue weighted by molar-refractivity contribution is 5.95. The number of amides is 1. The first-order valence-electron chi connectivity index (χ1n) is 13.5. The highest BCUT2D eigenvalue weighted by Gasteiger charge is 2.45. The van der Waals surface area contributed by atoms with Gasteiger partial charge >= 0.3 is 0 Å². The van der Waals surface area contributed by atoms with Crippen LogP contribution in [0.25, 0.3) is 21.9 Å². The van der Waals surface area contributed by atoms with E-state index >= 15 is 0 Å². The van der Waals surface area contributed by atoms with Crippen LogP contribution in [-0.4, -0.2) is 56.1 Å². The Labute approximate surface area is 235 Å². The molecule has 3 aromatic heterocycles. The van der Waals surface area contributed by atoms with Crippen molar-refractivity contribution in [1.82, 2.24) is 25.1 Å². The van der Waals surface area contributed by atoms with E-state index in [0.29, 0.717) is 29.5 Å². The van der Waals surface area contributed by atoms with E-state index in [1.807, 2.05) is 65.6 Å². The third-order valence-corrected chi connectivity index (χ3v) is 8.08. The number of hydrogen-bond acceptors (Lipinski definition) is 7. The summed E-state index contributed by atoms with van der Waals surface area (Å²) < 4.78 is 0. The van der Waals surface area contributed by atoms with Crippen molar-refractivity contribution in [3.8, 4) is 17.2 Å². The Morgan fingerprint density at radius 1 is 0.976 bits per heavy atom. The molecule has 9 heteroatoms. The number of carbonyl (C=O) groups excluding carboxylic acids is 1. The standard InChI is InChI=1S/C32H25N7O2/c33-15-21-6-9-30(35-16-21)38-18-26-14-25(38)19-39(26)32(41)23-4-1-3-20(11-23)12-29-28-13-22(24-5-2-10-34-17-24)7-8-27(28)31(40)37-36-29/h1-11,13,16-17,25-26H,12,14,18-19H2,(H,37,40)/t25-,26-/m1/s1. The van der Waals surface area contributed by atoms with Crippen molar-refractivity contribution < 1.29 is 4.79 Å². The fourth-order valence-electron chi connectivity index (χ4n) is 6.06. The molecular formula is C32H25N7O2. The van der Waals surface area contributed by atoms with Crippen molar-refractivity contribution >= 4 is 22.5 Å². The Balaban J connectivity index is 1.12. The van der Waals surface area contributed by atoms with Gasteiger partial charge in [-0.1, -0.05) is 24.3 Å². The van der Waals surface area contributed by atoms with Crippen LogP contribution in [0.5, 0.6) is 0 Å². The number of H-pyrrole nitrogens is 1. The van der Waals surface area contributed by atoms with Crippen LogP contribution in [-0.2, 0) is 6.42 Å². The first kappa shape index (κ1) is 24.7. The second-order valence-corrected chi connectivity index (χ2v) is 10.5. The average Bonchev–Trinajstić information content (AvgIpc) is 3.64. The number of hydrogen-bond donors (Lipinski definition) is 1. The number of carbonyl (C=O) groups is 1. The van der Waals surface area contributed by atoms with Gasteiger partial charge in [0, 0.05) is 54.6 Å². The normalized spacial score (nSPS) is 17.6. The number of benzene rings is 2. The first-order valence-corrected chi connectivity index (χ1v) is 13.5. The van der Waals surface area contributed by atoms with Gasteiger partial charge in [-0.25, -0.2) is 10.1 Å². The summed E-state index contributed by atoms with van der Waals surface area (Å²) >= 11 is 0. The number of nitrogens with zero attached hydrogens (tertiary/aromatic N) is 6. The van der Waals surface area contributed by atoms with Gasteiger partial charge in [0.1, 0.15) is 11.9 Å². The third-order valence-electron chi connectivity index (χ3n) is 8.08.